The molecule has 2 fully saturated rings. The van der Waals surface area contributed by atoms with Gasteiger partial charge in [0, 0.05) is 0 Å². The van der Waals surface area contributed by atoms with E-state index in [1.54, 1.807) is 0 Å². The van der Waals surface area contributed by atoms with E-state index in [2.05, 4.69) is 0 Å². The summed E-state index contributed by atoms with van der Waals surface area (Å²) in [6.07, 6.45) is 0. The minimum absolute atomic E-state index is 0. The first kappa shape index (κ1) is 38.1. The molecule has 0 aromatic rings. The molecule has 2 heterocycles. The molecule has 1 radical (unpaired) electrons. The molecule has 2 aliphatic heterocycles. The Morgan fingerprint density at radius 3 is 0.682 bits per heavy atom. The van der Waals surface area contributed by atoms with Crippen LogP contribution in [0, 0.1) is 10.2 Å². The number of halogens is 1. The van der Waals surface area contributed by atoms with Crippen molar-refractivity contribution in [3.8, 4) is 0 Å². The zero-order valence-corrected chi connectivity index (χ0v) is 13.5. The van der Waals surface area contributed by atoms with Crippen molar-refractivity contribution in [2.75, 3.05) is 52.9 Å². The Morgan fingerprint density at radius 1 is 0.545 bits per heavy atom. The van der Waals surface area contributed by atoms with Gasteiger partial charge in [-0.15, -0.1) is 0 Å². The van der Waals surface area contributed by atoms with Crippen LogP contribution in [-0.4, -0.2) is 88.7 Å². The molecule has 2 saturated heterocycles. The maximum absolute atomic E-state index is 8.83. The van der Waals surface area contributed by atoms with Crippen molar-refractivity contribution >= 4 is 0 Å². The molecule has 12 nitrogen and oxygen atoms in total. The van der Waals surface area contributed by atoms with E-state index in [0.29, 0.717) is 0 Å². The van der Waals surface area contributed by atoms with Crippen LogP contribution < -0.4 is 4.66 Å². The fraction of sp³-hybridized carbons (Fsp3) is 1.00. The van der Waals surface area contributed by atoms with Crippen LogP contribution in [0.5, 0.6) is 0 Å². The van der Waals surface area contributed by atoms with Gasteiger partial charge in [-0.2, -0.15) is 0 Å². The van der Waals surface area contributed by atoms with Crippen molar-refractivity contribution in [2.45, 2.75) is 0 Å². The molecule has 0 unspecified atom stereocenters. The zero-order chi connectivity index (χ0) is 13.0. The molecule has 11 N–H and O–H groups in total. The van der Waals surface area contributed by atoms with Crippen molar-refractivity contribution in [1.29, 1.82) is 0 Å². The molecule has 0 saturated carbocycles. The fourth-order valence-electron chi connectivity index (χ4n) is 0.880. The Morgan fingerprint density at radius 2 is 0.636 bits per heavy atom. The quantitative estimate of drug-likeness (QED) is 0.346. The van der Waals surface area contributed by atoms with Crippen LogP contribution >= 0.6 is 0 Å². The first-order valence-corrected chi connectivity index (χ1v) is 6.29. The second-order valence-electron chi connectivity index (χ2n) is 2.88. The summed E-state index contributed by atoms with van der Waals surface area (Å²) in [5, 5.41) is 0. The summed E-state index contributed by atoms with van der Waals surface area (Å²) >= 11 is 0. The summed E-state index contributed by atoms with van der Waals surface area (Å²) in [5.41, 5.74) is 0. The molecule has 0 atom stereocenters. The summed E-state index contributed by atoms with van der Waals surface area (Å²) in [7, 11) is -4.19. The van der Waals surface area contributed by atoms with Gasteiger partial charge in [-0.1, -0.05) is 0 Å². The summed E-state index contributed by atoms with van der Waals surface area (Å²) in [6.45, 7) is 6.22. The first-order chi connectivity index (χ1) is 8.00. The van der Waals surface area contributed by atoms with E-state index in [1.165, 1.54) is 0 Å². The monoisotopic (exact) mass is 409 g/mol. The van der Waals surface area contributed by atoms with E-state index in [-0.39, 0.29) is 38.7 Å². The number of hydrogen-bond acceptors (Lipinski definition) is 8. The van der Waals surface area contributed by atoms with Gasteiger partial charge in [0.15, 0.2) is 0 Å². The Bertz CT molecular complexity index is 123. The topological polar surface area (TPSA) is 247 Å². The van der Waals surface area contributed by atoms with Crippen LogP contribution in [0.2, 0.25) is 0 Å². The van der Waals surface area contributed by atoms with Crippen LogP contribution in [0.1, 0.15) is 0 Å². The molecule has 0 aromatic heterocycles. The van der Waals surface area contributed by atoms with Crippen molar-refractivity contribution in [3.63, 3.8) is 0 Å². The third kappa shape index (κ3) is 50.0. The van der Waals surface area contributed by atoms with Gasteiger partial charge < -0.3 is 40.9 Å². The summed E-state index contributed by atoms with van der Waals surface area (Å²) in [6, 6.07) is 0. The number of ether oxygens (including phenoxy) is 4. The summed E-state index contributed by atoms with van der Waals surface area (Å²) in [4.78, 5) is 0. The molecular weight excluding hydrogens is 382 g/mol. The molecule has 0 amide bonds. The first-order valence-electron chi connectivity index (χ1n) is 4.97. The average Bonchev–Trinajstić information content (AvgIpc) is 2.32. The molecule has 2 aliphatic rings. The van der Waals surface area contributed by atoms with E-state index < -0.39 is 10.2 Å². The van der Waals surface area contributed by atoms with Gasteiger partial charge in [0.25, 0.3) is 0 Å². The standard InChI is InChI=1S/2C4H8O2.ClH3O4.Co.4H2O/c2*1-2-6-4-3-5-1;2-1(3,4)5;;;;;/h2*1-4H2;2-4H;;4*1H2/q;;;+2;;;;. The number of rotatable bonds is 0. The van der Waals surface area contributed by atoms with Gasteiger partial charge in [0.1, 0.15) is 0 Å². The van der Waals surface area contributed by atoms with Crippen molar-refractivity contribution in [2.24, 2.45) is 0 Å². The van der Waals surface area contributed by atoms with Crippen LogP contribution in [0.3, 0.4) is 0 Å². The van der Waals surface area contributed by atoms with E-state index in [1.807, 2.05) is 0 Å². The van der Waals surface area contributed by atoms with Crippen LogP contribution in [0.25, 0.3) is 0 Å². The molecule has 145 valence electrons. The Balaban J connectivity index is -0.0000000394. The molecule has 0 bridgehead atoms. The fourth-order valence-corrected chi connectivity index (χ4v) is 0.880. The van der Waals surface area contributed by atoms with E-state index in [4.69, 9.17) is 37.6 Å². The average molecular weight is 410 g/mol. The van der Waals surface area contributed by atoms with Crippen molar-refractivity contribution < 1.29 is 86.5 Å². The van der Waals surface area contributed by atoms with Gasteiger partial charge in [0.05, 0.1) is 52.9 Å². The van der Waals surface area contributed by atoms with E-state index in [9.17, 15) is 0 Å². The Kier molecular flexibility index (Phi) is 45.4. The molecule has 0 spiro atoms. The normalized spacial score (nSPS) is 16.5. The Labute approximate surface area is 140 Å². The Hall–Kier alpha value is 0.316. The third-order valence-corrected chi connectivity index (χ3v) is 1.49. The van der Waals surface area contributed by atoms with Crippen LogP contribution in [0.15, 0.2) is 0 Å². The van der Waals surface area contributed by atoms with Crippen molar-refractivity contribution in [3.05, 3.63) is 0 Å². The van der Waals surface area contributed by atoms with E-state index >= 15 is 0 Å². The summed E-state index contributed by atoms with van der Waals surface area (Å²) < 4.78 is 50.0. The second-order valence-corrected chi connectivity index (χ2v) is 3.75. The van der Waals surface area contributed by atoms with Crippen LogP contribution in [-0.2, 0) is 35.7 Å². The predicted molar refractivity (Wildman–Crippen MR) is 64.4 cm³/mol. The molecule has 0 aromatic carbocycles. The van der Waals surface area contributed by atoms with Gasteiger partial charge in [-0.3, -0.25) is 0 Å². The second kappa shape index (κ2) is 26.2. The van der Waals surface area contributed by atoms with E-state index in [0.717, 1.165) is 52.9 Å². The van der Waals surface area contributed by atoms with Gasteiger partial charge in [-0.05, 0) is 0 Å². The summed E-state index contributed by atoms with van der Waals surface area (Å²) in [5.74, 6) is 0. The van der Waals surface area contributed by atoms with Gasteiger partial charge in [-0.25, -0.2) is 0 Å². The minimum atomic E-state index is -4.19. The maximum atomic E-state index is 8.83. The SMILES string of the molecule is C1COCCO1.C1COCCO1.O.O.O.O.[Co+2].[O-][Cl+](O)(O)O. The van der Waals surface area contributed by atoms with Gasteiger partial charge in [0.2, 0.25) is 0 Å². The zero-order valence-electron chi connectivity index (χ0n) is 11.8. The molecule has 2 rings (SSSR count). The van der Waals surface area contributed by atoms with Gasteiger partial charge >= 0.3 is 45.7 Å². The molecule has 22 heavy (non-hydrogen) atoms. The van der Waals surface area contributed by atoms with Crippen LogP contribution in [0.4, 0.5) is 0 Å². The predicted octanol–water partition coefficient (Wildman–Crippen LogP) is -6.09. The van der Waals surface area contributed by atoms with Crippen molar-refractivity contribution in [1.82, 2.24) is 0 Å². The molecule has 0 aliphatic carbocycles. The molecule has 14 heteroatoms. The molecular formula is C8H27ClCoO12+2. The number of hydrogen-bond donors (Lipinski definition) is 3. The third-order valence-electron chi connectivity index (χ3n) is 1.49.